The van der Waals surface area contributed by atoms with Crippen molar-refractivity contribution in [2.45, 2.75) is 0 Å². The predicted octanol–water partition coefficient (Wildman–Crippen LogP) is 8.14. The van der Waals surface area contributed by atoms with Crippen LogP contribution in [0, 0.1) is 0 Å². The molecule has 1 aromatic heterocycles. The molecule has 7 aromatic rings. The Morgan fingerprint density at radius 2 is 1.26 bits per heavy atom. The van der Waals surface area contributed by atoms with Gasteiger partial charge in [0.05, 0.1) is 22.1 Å². The summed E-state index contributed by atoms with van der Waals surface area (Å²) in [6, 6.07) is 38.7. The minimum atomic E-state index is -0.241. The van der Waals surface area contributed by atoms with Gasteiger partial charge in [-0.1, -0.05) is 66.7 Å². The third kappa shape index (κ3) is 4.66. The molecule has 0 saturated heterocycles. The smallest absolute Gasteiger partial charge is 0.269 e. The summed E-state index contributed by atoms with van der Waals surface area (Å²) in [5.41, 5.74) is 5.23. The summed E-state index contributed by atoms with van der Waals surface area (Å²) in [6.07, 6.45) is 0. The molecule has 1 N–H and O–H groups in total. The lowest BCUT2D eigenvalue weighted by molar-refractivity contribution is 0.102. The molecule has 0 fully saturated rings. The molecular formula is C35H24N4O2S. The Labute approximate surface area is 247 Å². The zero-order chi connectivity index (χ0) is 28.6. The lowest BCUT2D eigenvalue weighted by atomic mass is 9.99. The summed E-state index contributed by atoms with van der Waals surface area (Å²) in [4.78, 5) is 24.9. The van der Waals surface area contributed by atoms with Crippen LogP contribution in [0.3, 0.4) is 0 Å². The SMILES string of the molecule is CN(C(=S)Oc1ccc(C(=O)Nc2ccc3nc4c5ccccc5c5ccccc5c4nc3c2)cc1)c1ccccc1. The first-order valence-corrected chi connectivity index (χ1v) is 13.9. The minimum absolute atomic E-state index is 0.241. The van der Waals surface area contributed by atoms with Gasteiger partial charge in [-0.05, 0) is 77.6 Å². The normalized spacial score (nSPS) is 11.2. The van der Waals surface area contributed by atoms with E-state index in [-0.39, 0.29) is 5.91 Å². The molecule has 0 aliphatic carbocycles. The van der Waals surface area contributed by atoms with Gasteiger partial charge in [0.15, 0.2) is 0 Å². The number of carbonyl (C=O) groups excluding carboxylic acids is 1. The van der Waals surface area contributed by atoms with Crippen molar-refractivity contribution >= 4 is 78.3 Å². The second kappa shape index (κ2) is 10.5. The zero-order valence-electron chi connectivity index (χ0n) is 22.6. The van der Waals surface area contributed by atoms with Gasteiger partial charge in [-0.2, -0.15) is 0 Å². The highest BCUT2D eigenvalue weighted by Crippen LogP contribution is 2.34. The summed E-state index contributed by atoms with van der Waals surface area (Å²) in [5, 5.41) is 7.70. The van der Waals surface area contributed by atoms with Gasteiger partial charge in [-0.25, -0.2) is 9.97 Å². The Balaban J connectivity index is 1.14. The number of nitrogens with one attached hydrogen (secondary N) is 1. The Hall–Kier alpha value is -5.40. The van der Waals surface area contributed by atoms with Crippen LogP contribution in [0.25, 0.3) is 43.6 Å². The monoisotopic (exact) mass is 564 g/mol. The number of thiocarbonyl (C=S) groups is 1. The highest BCUT2D eigenvalue weighted by atomic mass is 32.1. The maximum absolute atomic E-state index is 13.1. The van der Waals surface area contributed by atoms with Gasteiger partial charge in [0.2, 0.25) is 0 Å². The van der Waals surface area contributed by atoms with Gasteiger partial charge in [-0.3, -0.25) is 4.79 Å². The van der Waals surface area contributed by atoms with Crippen LogP contribution in [-0.4, -0.2) is 28.1 Å². The van der Waals surface area contributed by atoms with Gasteiger partial charge >= 0.3 is 0 Å². The second-order valence-electron chi connectivity index (χ2n) is 9.96. The van der Waals surface area contributed by atoms with Crippen molar-refractivity contribution in [3.05, 3.63) is 127 Å². The molecule has 7 heteroatoms. The third-order valence-corrected chi connectivity index (χ3v) is 7.67. The van der Waals surface area contributed by atoms with Crippen LogP contribution in [0.15, 0.2) is 121 Å². The maximum atomic E-state index is 13.1. The largest absolute Gasteiger partial charge is 0.432 e. The number of ether oxygens (including phenoxy) is 1. The number of fused-ring (bicyclic) bond motifs is 7. The van der Waals surface area contributed by atoms with E-state index in [1.807, 2.05) is 79.8 Å². The van der Waals surface area contributed by atoms with Gasteiger partial charge < -0.3 is 15.0 Å². The van der Waals surface area contributed by atoms with E-state index in [0.29, 0.717) is 27.7 Å². The van der Waals surface area contributed by atoms with Gasteiger partial charge in [-0.15, -0.1) is 0 Å². The topological polar surface area (TPSA) is 67.3 Å². The van der Waals surface area contributed by atoms with Gasteiger partial charge in [0, 0.05) is 34.8 Å². The Bertz CT molecular complexity index is 2150. The molecule has 0 atom stereocenters. The maximum Gasteiger partial charge on any atom is 0.269 e. The van der Waals surface area contributed by atoms with Crippen molar-refractivity contribution < 1.29 is 9.53 Å². The number of amides is 1. The van der Waals surface area contributed by atoms with Crippen LogP contribution in [0.4, 0.5) is 11.4 Å². The summed E-state index contributed by atoms with van der Waals surface area (Å²) < 4.78 is 5.83. The molecule has 0 aliphatic rings. The van der Waals surface area contributed by atoms with Crippen molar-refractivity contribution in [3.8, 4) is 5.75 Å². The van der Waals surface area contributed by atoms with Crippen molar-refractivity contribution in [3.63, 3.8) is 0 Å². The van der Waals surface area contributed by atoms with Crippen molar-refractivity contribution in [2.24, 2.45) is 0 Å². The molecule has 42 heavy (non-hydrogen) atoms. The molecule has 6 nitrogen and oxygen atoms in total. The Morgan fingerprint density at radius 1 is 0.690 bits per heavy atom. The molecule has 1 heterocycles. The average molecular weight is 565 g/mol. The number of para-hydroxylation sites is 1. The number of nitrogens with zero attached hydrogens (tertiary/aromatic N) is 3. The Kier molecular flexibility index (Phi) is 6.41. The summed E-state index contributed by atoms with van der Waals surface area (Å²) in [7, 11) is 1.85. The van der Waals surface area contributed by atoms with E-state index < -0.39 is 0 Å². The van der Waals surface area contributed by atoms with E-state index in [1.165, 1.54) is 0 Å². The molecule has 7 rings (SSSR count). The lowest BCUT2D eigenvalue weighted by Gasteiger charge is -2.19. The first-order chi connectivity index (χ1) is 20.5. The van der Waals surface area contributed by atoms with E-state index in [4.69, 9.17) is 26.9 Å². The van der Waals surface area contributed by atoms with Gasteiger partial charge in [0.1, 0.15) is 5.75 Å². The van der Waals surface area contributed by atoms with E-state index in [1.54, 1.807) is 29.2 Å². The van der Waals surface area contributed by atoms with Crippen LogP contribution in [0.1, 0.15) is 10.4 Å². The molecule has 202 valence electrons. The van der Waals surface area contributed by atoms with Crippen LogP contribution >= 0.6 is 12.2 Å². The summed E-state index contributed by atoms with van der Waals surface area (Å²) in [6.45, 7) is 0. The summed E-state index contributed by atoms with van der Waals surface area (Å²) >= 11 is 5.44. The number of hydrogen-bond donors (Lipinski definition) is 1. The lowest BCUT2D eigenvalue weighted by Crippen LogP contribution is -2.29. The fraction of sp³-hybridized carbons (Fsp3) is 0.0286. The summed E-state index contributed by atoms with van der Waals surface area (Å²) in [5.74, 6) is 0.307. The minimum Gasteiger partial charge on any atom is -0.432 e. The molecule has 0 unspecified atom stereocenters. The number of benzene rings is 6. The van der Waals surface area contributed by atoms with Crippen LogP contribution in [0.5, 0.6) is 5.75 Å². The van der Waals surface area contributed by atoms with Crippen molar-refractivity contribution in [2.75, 3.05) is 17.3 Å². The van der Waals surface area contributed by atoms with Gasteiger partial charge in [0.25, 0.3) is 11.1 Å². The first kappa shape index (κ1) is 25.6. The van der Waals surface area contributed by atoms with E-state index in [9.17, 15) is 4.79 Å². The fourth-order valence-corrected chi connectivity index (χ4v) is 5.36. The van der Waals surface area contributed by atoms with E-state index in [0.717, 1.165) is 43.8 Å². The second-order valence-corrected chi connectivity index (χ2v) is 10.3. The quantitative estimate of drug-likeness (QED) is 0.132. The third-order valence-electron chi connectivity index (χ3n) is 7.32. The first-order valence-electron chi connectivity index (χ1n) is 13.5. The highest BCUT2D eigenvalue weighted by Gasteiger charge is 2.14. The standard InChI is InChI=1S/C35H24N4O2S/c1-39(24-9-3-2-4-10-24)35(42)41-25-18-15-22(16-19-25)34(40)36-23-17-20-30-31(21-23)38-33-29-14-8-6-12-27(29)26-11-5-7-13-28(26)32(33)37-30/h2-21H,1H3,(H,36,40). The zero-order valence-corrected chi connectivity index (χ0v) is 23.4. The molecule has 0 spiro atoms. The molecule has 0 aliphatic heterocycles. The number of anilines is 2. The predicted molar refractivity (Wildman–Crippen MR) is 175 cm³/mol. The molecular weight excluding hydrogens is 540 g/mol. The molecule has 0 bridgehead atoms. The van der Waals surface area contributed by atoms with Crippen molar-refractivity contribution in [1.82, 2.24) is 9.97 Å². The molecule has 1 amide bonds. The number of aromatic nitrogens is 2. The number of carbonyl (C=O) groups is 1. The molecule has 0 radical (unpaired) electrons. The van der Waals surface area contributed by atoms with Crippen molar-refractivity contribution in [1.29, 1.82) is 0 Å². The van der Waals surface area contributed by atoms with E-state index >= 15 is 0 Å². The number of rotatable bonds is 4. The molecule has 0 saturated carbocycles. The number of hydrogen-bond acceptors (Lipinski definition) is 5. The highest BCUT2D eigenvalue weighted by molar-refractivity contribution is 7.80. The Morgan fingerprint density at radius 3 is 1.90 bits per heavy atom. The van der Waals surface area contributed by atoms with E-state index in [2.05, 4.69) is 29.6 Å². The van der Waals surface area contributed by atoms with Crippen LogP contribution in [0.2, 0.25) is 0 Å². The fourth-order valence-electron chi connectivity index (χ4n) is 5.16. The average Bonchev–Trinajstić information content (AvgIpc) is 3.04. The van der Waals surface area contributed by atoms with Crippen LogP contribution < -0.4 is 15.0 Å². The van der Waals surface area contributed by atoms with Crippen LogP contribution in [-0.2, 0) is 0 Å². The molecule has 6 aromatic carbocycles.